The van der Waals surface area contributed by atoms with Crippen LogP contribution in [0, 0.1) is 0 Å². The zero-order valence-electron chi connectivity index (χ0n) is 10.4. The molecule has 1 aliphatic heterocycles. The largest absolute Gasteiger partial charge is 0.479 e. The fourth-order valence-electron chi connectivity index (χ4n) is 1.76. The van der Waals surface area contributed by atoms with Crippen LogP contribution in [-0.2, 0) is 25.7 Å². The number of cyclic esters (lactones) is 1. The highest BCUT2D eigenvalue weighted by molar-refractivity contribution is 5.87. The van der Waals surface area contributed by atoms with E-state index < -0.39 is 30.2 Å². The highest BCUT2D eigenvalue weighted by atomic mass is 16.6. The lowest BCUT2D eigenvalue weighted by Crippen LogP contribution is -2.38. The van der Waals surface area contributed by atoms with Gasteiger partial charge in [-0.05, 0) is 5.56 Å². The first kappa shape index (κ1) is 13.9. The Morgan fingerprint density at radius 2 is 2.05 bits per heavy atom. The Morgan fingerprint density at radius 3 is 2.65 bits per heavy atom. The van der Waals surface area contributed by atoms with Gasteiger partial charge in [-0.25, -0.2) is 14.4 Å². The summed E-state index contributed by atoms with van der Waals surface area (Å²) in [5.41, 5.74) is 0.806. The van der Waals surface area contributed by atoms with Crippen LogP contribution in [0.15, 0.2) is 30.3 Å². The molecule has 0 aliphatic carbocycles. The smallest absolute Gasteiger partial charge is 0.408 e. The van der Waals surface area contributed by atoms with Crippen molar-refractivity contribution in [3.63, 3.8) is 0 Å². The summed E-state index contributed by atoms with van der Waals surface area (Å²) in [6.07, 6.45) is -2.11. The third-order valence-electron chi connectivity index (χ3n) is 2.77. The van der Waals surface area contributed by atoms with Gasteiger partial charge in [0.25, 0.3) is 0 Å². The molecule has 2 atom stereocenters. The van der Waals surface area contributed by atoms with Crippen LogP contribution in [-0.4, -0.2) is 35.3 Å². The zero-order valence-corrected chi connectivity index (χ0v) is 10.4. The molecular formula is C13H13NO6. The molecule has 0 aromatic heterocycles. The molecule has 1 heterocycles. The molecule has 0 radical (unpaired) electrons. The van der Waals surface area contributed by atoms with E-state index in [0.717, 1.165) is 5.56 Å². The third kappa shape index (κ3) is 3.47. The van der Waals surface area contributed by atoms with E-state index in [-0.39, 0.29) is 13.0 Å². The number of hydrogen-bond donors (Lipinski definition) is 2. The summed E-state index contributed by atoms with van der Waals surface area (Å²) < 4.78 is 9.52. The van der Waals surface area contributed by atoms with E-state index in [2.05, 4.69) is 10.1 Å². The SMILES string of the molecule is O=C(NC1CC(C(=O)O)OC1=O)OCc1ccccc1. The molecular weight excluding hydrogens is 266 g/mol. The van der Waals surface area contributed by atoms with Gasteiger partial charge in [0.15, 0.2) is 0 Å². The second-order valence-electron chi connectivity index (χ2n) is 4.26. The molecule has 1 saturated heterocycles. The number of carboxylic acid groups (broad SMARTS) is 1. The van der Waals surface area contributed by atoms with Gasteiger partial charge in [-0.2, -0.15) is 0 Å². The van der Waals surface area contributed by atoms with Crippen molar-refractivity contribution in [2.24, 2.45) is 0 Å². The fourth-order valence-corrected chi connectivity index (χ4v) is 1.76. The first-order chi connectivity index (χ1) is 9.56. The summed E-state index contributed by atoms with van der Waals surface area (Å²) in [4.78, 5) is 33.5. The lowest BCUT2D eigenvalue weighted by Gasteiger charge is -2.09. The van der Waals surface area contributed by atoms with Gasteiger partial charge in [0.2, 0.25) is 6.10 Å². The fraction of sp³-hybridized carbons (Fsp3) is 0.308. The van der Waals surface area contributed by atoms with Gasteiger partial charge in [-0.15, -0.1) is 0 Å². The molecule has 0 bridgehead atoms. The van der Waals surface area contributed by atoms with E-state index in [0.29, 0.717) is 0 Å². The van der Waals surface area contributed by atoms with Crippen molar-refractivity contribution >= 4 is 18.0 Å². The van der Waals surface area contributed by atoms with Crippen LogP contribution >= 0.6 is 0 Å². The van der Waals surface area contributed by atoms with Crippen molar-refractivity contribution in [3.05, 3.63) is 35.9 Å². The molecule has 1 aromatic rings. The summed E-state index contributed by atoms with van der Waals surface area (Å²) in [6, 6.07) is 8.05. The summed E-state index contributed by atoms with van der Waals surface area (Å²) in [7, 11) is 0. The van der Waals surface area contributed by atoms with Crippen LogP contribution in [0.1, 0.15) is 12.0 Å². The minimum atomic E-state index is -1.24. The molecule has 7 nitrogen and oxygen atoms in total. The van der Waals surface area contributed by atoms with Gasteiger partial charge in [-0.1, -0.05) is 30.3 Å². The number of alkyl carbamates (subject to hydrolysis) is 1. The molecule has 1 aromatic carbocycles. The number of hydrogen-bond acceptors (Lipinski definition) is 5. The molecule has 1 fully saturated rings. The molecule has 7 heteroatoms. The van der Waals surface area contributed by atoms with Gasteiger partial charge in [0.1, 0.15) is 12.6 Å². The van der Waals surface area contributed by atoms with Crippen molar-refractivity contribution in [1.82, 2.24) is 5.32 Å². The van der Waals surface area contributed by atoms with Crippen molar-refractivity contribution in [2.45, 2.75) is 25.2 Å². The summed E-state index contributed by atoms with van der Waals surface area (Å²) >= 11 is 0. The van der Waals surface area contributed by atoms with E-state index in [1.165, 1.54) is 0 Å². The predicted molar refractivity (Wildman–Crippen MR) is 65.7 cm³/mol. The molecule has 106 valence electrons. The minimum Gasteiger partial charge on any atom is -0.479 e. The van der Waals surface area contributed by atoms with Crippen LogP contribution in [0.5, 0.6) is 0 Å². The molecule has 2 N–H and O–H groups in total. The Balaban J connectivity index is 1.80. The quantitative estimate of drug-likeness (QED) is 0.786. The van der Waals surface area contributed by atoms with Crippen molar-refractivity contribution < 1.29 is 29.0 Å². The Labute approximate surface area is 114 Å². The highest BCUT2D eigenvalue weighted by Gasteiger charge is 2.39. The number of rotatable bonds is 4. The third-order valence-corrected chi connectivity index (χ3v) is 2.77. The maximum atomic E-state index is 11.5. The lowest BCUT2D eigenvalue weighted by atomic mass is 10.2. The predicted octanol–water partition coefficient (Wildman–Crippen LogP) is 0.681. The monoisotopic (exact) mass is 279 g/mol. The number of esters is 1. The van der Waals surface area contributed by atoms with Gasteiger partial charge in [0, 0.05) is 6.42 Å². The van der Waals surface area contributed by atoms with E-state index in [1.807, 2.05) is 18.2 Å². The Morgan fingerprint density at radius 1 is 1.35 bits per heavy atom. The van der Waals surface area contributed by atoms with Crippen molar-refractivity contribution in [1.29, 1.82) is 0 Å². The van der Waals surface area contributed by atoms with Gasteiger partial charge in [0.05, 0.1) is 0 Å². The second-order valence-corrected chi connectivity index (χ2v) is 4.26. The van der Waals surface area contributed by atoms with Gasteiger partial charge >= 0.3 is 18.0 Å². The van der Waals surface area contributed by atoms with E-state index >= 15 is 0 Å². The second kappa shape index (κ2) is 6.05. The van der Waals surface area contributed by atoms with Gasteiger partial charge < -0.3 is 19.9 Å². The lowest BCUT2D eigenvalue weighted by molar-refractivity contribution is -0.157. The average Bonchev–Trinajstić information content (AvgIpc) is 2.79. The average molecular weight is 279 g/mol. The van der Waals surface area contributed by atoms with Crippen molar-refractivity contribution in [3.8, 4) is 0 Å². The van der Waals surface area contributed by atoms with E-state index in [9.17, 15) is 14.4 Å². The standard InChI is InChI=1S/C13H13NO6/c15-11(16)10-6-9(12(17)20-10)14-13(18)19-7-8-4-2-1-3-5-8/h1-5,9-10H,6-7H2,(H,14,18)(H,15,16). The van der Waals surface area contributed by atoms with E-state index in [4.69, 9.17) is 9.84 Å². The number of amides is 1. The summed E-state index contributed by atoms with van der Waals surface area (Å²) in [5.74, 6) is -2.01. The number of carboxylic acids is 1. The molecule has 2 unspecified atom stereocenters. The molecule has 1 amide bonds. The van der Waals surface area contributed by atoms with Gasteiger partial charge in [-0.3, -0.25) is 0 Å². The van der Waals surface area contributed by atoms with Crippen molar-refractivity contribution in [2.75, 3.05) is 0 Å². The molecule has 2 rings (SSSR count). The van der Waals surface area contributed by atoms with E-state index in [1.54, 1.807) is 12.1 Å². The maximum Gasteiger partial charge on any atom is 0.408 e. The number of nitrogens with one attached hydrogen (secondary N) is 1. The number of ether oxygens (including phenoxy) is 2. The Kier molecular flexibility index (Phi) is 4.19. The Bertz CT molecular complexity index is 515. The summed E-state index contributed by atoms with van der Waals surface area (Å²) in [6.45, 7) is 0.0663. The first-order valence-electron chi connectivity index (χ1n) is 5.97. The number of carbonyl (C=O) groups excluding carboxylic acids is 2. The van der Waals surface area contributed by atoms with Crippen LogP contribution in [0.4, 0.5) is 4.79 Å². The number of benzene rings is 1. The number of aliphatic carboxylic acids is 1. The molecule has 0 saturated carbocycles. The molecule has 1 aliphatic rings. The zero-order chi connectivity index (χ0) is 14.5. The maximum absolute atomic E-state index is 11.5. The minimum absolute atomic E-state index is 0.0663. The highest BCUT2D eigenvalue weighted by Crippen LogP contribution is 2.15. The normalized spacial score (nSPS) is 21.1. The molecule has 0 spiro atoms. The summed E-state index contributed by atoms with van der Waals surface area (Å²) in [5, 5.41) is 11.0. The van der Waals surface area contributed by atoms with Crippen LogP contribution in [0.2, 0.25) is 0 Å². The Hall–Kier alpha value is -2.57. The number of carbonyl (C=O) groups is 3. The first-order valence-corrected chi connectivity index (χ1v) is 5.97. The molecule has 20 heavy (non-hydrogen) atoms. The topological polar surface area (TPSA) is 102 Å². The van der Waals surface area contributed by atoms with Crippen LogP contribution in [0.25, 0.3) is 0 Å². The van der Waals surface area contributed by atoms with Crippen LogP contribution < -0.4 is 5.32 Å². The van der Waals surface area contributed by atoms with Crippen LogP contribution in [0.3, 0.4) is 0 Å².